The van der Waals surface area contributed by atoms with Crippen LogP contribution in [-0.2, 0) is 18.4 Å². The van der Waals surface area contributed by atoms with E-state index in [1.807, 2.05) is 14.0 Å². The van der Waals surface area contributed by atoms with E-state index in [1.165, 1.54) is 19.3 Å². The summed E-state index contributed by atoms with van der Waals surface area (Å²) in [5, 5.41) is 8.43. The molecular formula is C18H29N5O. The van der Waals surface area contributed by atoms with Gasteiger partial charge in [0.05, 0.1) is 12.0 Å². The summed E-state index contributed by atoms with van der Waals surface area (Å²) in [6.07, 6.45) is 7.20. The maximum absolute atomic E-state index is 13.2. The van der Waals surface area contributed by atoms with Crippen LogP contribution in [0.5, 0.6) is 0 Å². The zero-order valence-corrected chi connectivity index (χ0v) is 15.0. The van der Waals surface area contributed by atoms with Gasteiger partial charge >= 0.3 is 0 Å². The molecule has 1 spiro atoms. The second-order valence-electron chi connectivity index (χ2n) is 8.12. The summed E-state index contributed by atoms with van der Waals surface area (Å²) in [6.45, 7) is 6.64. The van der Waals surface area contributed by atoms with Gasteiger partial charge in [-0.2, -0.15) is 0 Å². The zero-order chi connectivity index (χ0) is 16.7. The van der Waals surface area contributed by atoms with Crippen LogP contribution in [-0.4, -0.2) is 56.7 Å². The van der Waals surface area contributed by atoms with Crippen LogP contribution in [0.25, 0.3) is 0 Å². The van der Waals surface area contributed by atoms with Gasteiger partial charge < -0.3 is 9.47 Å². The summed E-state index contributed by atoms with van der Waals surface area (Å²) < 4.78 is 2.05. The smallest absolute Gasteiger partial charge is 0.230 e. The van der Waals surface area contributed by atoms with Gasteiger partial charge in [-0.15, -0.1) is 10.2 Å². The first-order valence-electron chi connectivity index (χ1n) is 9.44. The molecule has 6 nitrogen and oxygen atoms in total. The van der Waals surface area contributed by atoms with Gasteiger partial charge in [-0.25, -0.2) is 0 Å². The standard InChI is InChI=1S/C18H29N5O/c1-14-19-20-16(21(14)2)12-22-10-8-18(13-22)7-4-9-23(17(18)24)11-15-5-3-6-15/h15H,3-13H2,1-2H3/t18-/m0/s1. The fourth-order valence-corrected chi connectivity index (χ4v) is 4.57. The quantitative estimate of drug-likeness (QED) is 0.843. The second-order valence-corrected chi connectivity index (χ2v) is 8.12. The number of carbonyl (C=O) groups excluding carboxylic acids is 1. The van der Waals surface area contributed by atoms with Gasteiger partial charge in [-0.05, 0) is 51.5 Å². The number of carbonyl (C=O) groups is 1. The van der Waals surface area contributed by atoms with Gasteiger partial charge in [0.25, 0.3) is 0 Å². The number of likely N-dealkylation sites (tertiary alicyclic amines) is 2. The summed E-state index contributed by atoms with van der Waals surface area (Å²) in [5.74, 6) is 3.14. The van der Waals surface area contributed by atoms with E-state index in [4.69, 9.17) is 0 Å². The third-order valence-corrected chi connectivity index (χ3v) is 6.51. The number of piperidine rings is 1. The molecule has 1 aromatic heterocycles. The summed E-state index contributed by atoms with van der Waals surface area (Å²) in [6, 6.07) is 0. The number of nitrogens with zero attached hydrogens (tertiary/aromatic N) is 5. The molecule has 3 aliphatic rings. The van der Waals surface area contributed by atoms with Crippen LogP contribution in [0.1, 0.15) is 50.2 Å². The van der Waals surface area contributed by atoms with Crippen molar-refractivity contribution in [3.63, 3.8) is 0 Å². The van der Waals surface area contributed by atoms with E-state index in [0.29, 0.717) is 5.91 Å². The summed E-state index contributed by atoms with van der Waals surface area (Å²) in [5.41, 5.74) is -0.129. The van der Waals surface area contributed by atoms with Crippen molar-refractivity contribution in [1.82, 2.24) is 24.6 Å². The molecule has 4 rings (SSSR count). The van der Waals surface area contributed by atoms with Crippen LogP contribution in [0.4, 0.5) is 0 Å². The van der Waals surface area contributed by atoms with Crippen molar-refractivity contribution in [1.29, 1.82) is 0 Å². The SMILES string of the molecule is Cc1nnc(CN2CC[C@@]3(CCCN(CC4CCC4)C3=O)C2)n1C. The topological polar surface area (TPSA) is 54.3 Å². The molecule has 24 heavy (non-hydrogen) atoms. The Morgan fingerprint density at radius 1 is 1.17 bits per heavy atom. The Bertz CT molecular complexity index is 623. The minimum absolute atomic E-state index is 0.129. The van der Waals surface area contributed by atoms with Gasteiger partial charge in [0.15, 0.2) is 0 Å². The lowest BCUT2D eigenvalue weighted by atomic mass is 9.77. The van der Waals surface area contributed by atoms with Crippen LogP contribution >= 0.6 is 0 Å². The number of rotatable bonds is 4. The minimum Gasteiger partial charge on any atom is -0.342 e. The Hall–Kier alpha value is -1.43. The molecule has 0 N–H and O–H groups in total. The maximum atomic E-state index is 13.2. The van der Waals surface area contributed by atoms with Crippen molar-refractivity contribution in [2.24, 2.45) is 18.4 Å². The Balaban J connectivity index is 1.41. The molecule has 0 radical (unpaired) electrons. The van der Waals surface area contributed by atoms with Gasteiger partial charge in [0.1, 0.15) is 11.6 Å². The Morgan fingerprint density at radius 3 is 2.67 bits per heavy atom. The fraction of sp³-hybridized carbons (Fsp3) is 0.833. The van der Waals surface area contributed by atoms with E-state index >= 15 is 0 Å². The van der Waals surface area contributed by atoms with Crippen LogP contribution < -0.4 is 0 Å². The average Bonchev–Trinajstić information content (AvgIpc) is 3.07. The first-order chi connectivity index (χ1) is 11.6. The molecule has 1 atom stereocenters. The van der Waals surface area contributed by atoms with Gasteiger partial charge in [0, 0.05) is 26.7 Å². The number of hydrogen-bond donors (Lipinski definition) is 0. The Labute approximate surface area is 144 Å². The van der Waals surface area contributed by atoms with E-state index in [1.54, 1.807) is 0 Å². The van der Waals surface area contributed by atoms with Crippen LogP contribution in [0.2, 0.25) is 0 Å². The number of amides is 1. The van der Waals surface area contributed by atoms with E-state index < -0.39 is 0 Å². The van der Waals surface area contributed by atoms with Crippen molar-refractivity contribution in [3.05, 3.63) is 11.6 Å². The largest absolute Gasteiger partial charge is 0.342 e. The first-order valence-corrected chi connectivity index (χ1v) is 9.44. The molecule has 2 aliphatic heterocycles. The van der Waals surface area contributed by atoms with E-state index in [-0.39, 0.29) is 5.41 Å². The lowest BCUT2D eigenvalue weighted by Crippen LogP contribution is -2.51. The summed E-state index contributed by atoms with van der Waals surface area (Å²) in [4.78, 5) is 17.7. The lowest BCUT2D eigenvalue weighted by Gasteiger charge is -2.42. The average molecular weight is 331 g/mol. The third kappa shape index (κ3) is 2.75. The summed E-state index contributed by atoms with van der Waals surface area (Å²) >= 11 is 0. The van der Waals surface area contributed by atoms with Crippen LogP contribution in [0.15, 0.2) is 0 Å². The summed E-state index contributed by atoms with van der Waals surface area (Å²) in [7, 11) is 2.02. The van der Waals surface area contributed by atoms with E-state index in [2.05, 4.69) is 24.6 Å². The normalized spacial score (nSPS) is 28.8. The third-order valence-electron chi connectivity index (χ3n) is 6.51. The van der Waals surface area contributed by atoms with Gasteiger partial charge in [0.2, 0.25) is 5.91 Å². The van der Waals surface area contributed by atoms with Crippen molar-refractivity contribution >= 4 is 5.91 Å². The molecule has 3 heterocycles. The fourth-order valence-electron chi connectivity index (χ4n) is 4.57. The molecule has 0 unspecified atom stereocenters. The number of hydrogen-bond acceptors (Lipinski definition) is 4. The number of aromatic nitrogens is 3. The molecule has 132 valence electrons. The molecule has 0 bridgehead atoms. The van der Waals surface area contributed by atoms with Crippen molar-refractivity contribution in [2.45, 2.75) is 52.0 Å². The highest BCUT2D eigenvalue weighted by atomic mass is 16.2. The minimum atomic E-state index is -0.129. The van der Waals surface area contributed by atoms with Crippen LogP contribution in [0, 0.1) is 18.3 Å². The molecular weight excluding hydrogens is 302 g/mol. The van der Waals surface area contributed by atoms with Crippen molar-refractivity contribution < 1.29 is 4.79 Å². The molecule has 3 fully saturated rings. The Kier molecular flexibility index (Phi) is 4.11. The molecule has 2 saturated heterocycles. The highest BCUT2D eigenvalue weighted by Gasteiger charge is 2.48. The second kappa shape index (κ2) is 6.14. The number of aryl methyl sites for hydroxylation is 1. The highest BCUT2D eigenvalue weighted by Crippen LogP contribution is 2.41. The molecule has 0 aromatic carbocycles. The molecule has 1 amide bonds. The molecule has 1 saturated carbocycles. The maximum Gasteiger partial charge on any atom is 0.230 e. The Morgan fingerprint density at radius 2 is 2.00 bits per heavy atom. The molecule has 1 aliphatic carbocycles. The molecule has 1 aromatic rings. The predicted molar refractivity (Wildman–Crippen MR) is 91.2 cm³/mol. The van der Waals surface area contributed by atoms with E-state index in [9.17, 15) is 4.79 Å². The highest BCUT2D eigenvalue weighted by molar-refractivity contribution is 5.84. The van der Waals surface area contributed by atoms with Crippen molar-refractivity contribution in [2.75, 3.05) is 26.2 Å². The lowest BCUT2D eigenvalue weighted by molar-refractivity contribution is -0.146. The van der Waals surface area contributed by atoms with Crippen LogP contribution in [0.3, 0.4) is 0 Å². The monoisotopic (exact) mass is 331 g/mol. The predicted octanol–water partition coefficient (Wildman–Crippen LogP) is 1.74. The van der Waals surface area contributed by atoms with Gasteiger partial charge in [-0.3, -0.25) is 9.69 Å². The van der Waals surface area contributed by atoms with Crippen molar-refractivity contribution in [3.8, 4) is 0 Å². The van der Waals surface area contributed by atoms with E-state index in [0.717, 1.165) is 69.6 Å². The van der Waals surface area contributed by atoms with Gasteiger partial charge in [-0.1, -0.05) is 6.42 Å². The molecule has 6 heteroatoms. The zero-order valence-electron chi connectivity index (χ0n) is 15.0. The first kappa shape index (κ1) is 16.1.